The summed E-state index contributed by atoms with van der Waals surface area (Å²) >= 11 is 0. The molecule has 0 radical (unpaired) electrons. The maximum Gasteiger partial charge on any atom is 0.221 e. The number of rotatable bonds is 7. The van der Waals surface area contributed by atoms with Gasteiger partial charge in [-0.3, -0.25) is 9.59 Å². The number of aromatic nitrogens is 1. The molecule has 1 amide bonds. The van der Waals surface area contributed by atoms with Gasteiger partial charge in [-0.1, -0.05) is 24.3 Å². The van der Waals surface area contributed by atoms with E-state index in [0.29, 0.717) is 28.6 Å². The normalized spacial score (nSPS) is 10.5. The minimum atomic E-state index is -0.133. The second-order valence-corrected chi connectivity index (χ2v) is 7.41. The maximum absolute atomic E-state index is 11.7. The molecule has 0 aliphatic rings. The Bertz CT molecular complexity index is 1350. The fraction of sp³-hybridized carbons (Fsp3) is 0.115. The largest absolute Gasteiger partial charge is 0.496 e. The van der Waals surface area contributed by atoms with E-state index in [4.69, 9.17) is 9.47 Å². The fourth-order valence-corrected chi connectivity index (χ4v) is 3.54. The average molecular weight is 441 g/mol. The molecule has 1 heterocycles. The van der Waals surface area contributed by atoms with Gasteiger partial charge in [0.25, 0.3) is 0 Å². The molecule has 2 N–H and O–H groups in total. The number of nitrogens with one attached hydrogen (secondary N) is 2. The van der Waals surface area contributed by atoms with Gasteiger partial charge in [0.1, 0.15) is 23.1 Å². The Morgan fingerprint density at radius 1 is 0.879 bits per heavy atom. The molecule has 4 aromatic rings. The van der Waals surface area contributed by atoms with E-state index >= 15 is 0 Å². The Morgan fingerprint density at radius 3 is 2.39 bits per heavy atom. The number of hydrogen-bond donors (Lipinski definition) is 2. The number of nitrogens with zero attached hydrogens (tertiary/aromatic N) is 1. The van der Waals surface area contributed by atoms with Crippen molar-refractivity contribution in [3.05, 3.63) is 78.5 Å². The van der Waals surface area contributed by atoms with E-state index in [1.807, 2.05) is 36.4 Å². The van der Waals surface area contributed by atoms with Crippen LogP contribution < -0.4 is 20.1 Å². The van der Waals surface area contributed by atoms with Gasteiger partial charge in [-0.15, -0.1) is 0 Å². The number of ether oxygens (including phenoxy) is 2. The van der Waals surface area contributed by atoms with Crippen molar-refractivity contribution in [1.82, 2.24) is 4.98 Å². The number of amides is 1. The first kappa shape index (κ1) is 21.8. The Morgan fingerprint density at radius 2 is 1.67 bits per heavy atom. The predicted molar refractivity (Wildman–Crippen MR) is 129 cm³/mol. The van der Waals surface area contributed by atoms with Gasteiger partial charge in [0.15, 0.2) is 5.78 Å². The second kappa shape index (κ2) is 9.40. The van der Waals surface area contributed by atoms with Crippen LogP contribution in [0.5, 0.6) is 17.2 Å². The van der Waals surface area contributed by atoms with Gasteiger partial charge in [-0.2, -0.15) is 0 Å². The van der Waals surface area contributed by atoms with Crippen LogP contribution in [0.25, 0.3) is 10.8 Å². The van der Waals surface area contributed by atoms with Crippen LogP contribution in [0.1, 0.15) is 24.2 Å². The Balaban J connectivity index is 1.60. The molecule has 0 spiro atoms. The number of Topliss-reactive ketones (excluding diaryl/α,β-unsaturated/α-hetero) is 1. The number of ketones is 1. The van der Waals surface area contributed by atoms with Crippen molar-refractivity contribution in [2.24, 2.45) is 0 Å². The molecule has 0 atom stereocenters. The van der Waals surface area contributed by atoms with Crippen LogP contribution in [0.3, 0.4) is 0 Å². The van der Waals surface area contributed by atoms with E-state index < -0.39 is 0 Å². The number of hydrogen-bond acceptors (Lipinski definition) is 6. The lowest BCUT2D eigenvalue weighted by Crippen LogP contribution is -2.06. The van der Waals surface area contributed by atoms with Crippen LogP contribution in [0.15, 0.2) is 72.9 Å². The summed E-state index contributed by atoms with van der Waals surface area (Å²) in [6, 6.07) is 20.2. The van der Waals surface area contributed by atoms with E-state index in [9.17, 15) is 9.59 Å². The monoisotopic (exact) mass is 441 g/mol. The van der Waals surface area contributed by atoms with Crippen molar-refractivity contribution in [2.75, 3.05) is 17.7 Å². The molecule has 3 aromatic carbocycles. The molecule has 1 aromatic heterocycles. The van der Waals surface area contributed by atoms with E-state index in [0.717, 1.165) is 22.1 Å². The third-order valence-electron chi connectivity index (χ3n) is 5.01. The fourth-order valence-electron chi connectivity index (χ4n) is 3.54. The first-order valence-corrected chi connectivity index (χ1v) is 10.3. The molecule has 0 saturated heterocycles. The third kappa shape index (κ3) is 4.93. The molecule has 0 saturated carbocycles. The third-order valence-corrected chi connectivity index (χ3v) is 5.01. The van der Waals surface area contributed by atoms with E-state index in [2.05, 4.69) is 15.6 Å². The highest BCUT2D eigenvalue weighted by atomic mass is 16.5. The maximum atomic E-state index is 11.7. The number of methoxy groups -OCH3 is 1. The van der Waals surface area contributed by atoms with Gasteiger partial charge in [0.2, 0.25) is 5.91 Å². The number of carbonyl (C=O) groups excluding carboxylic acids is 2. The summed E-state index contributed by atoms with van der Waals surface area (Å²) in [5.74, 6) is 2.12. The molecule has 7 nitrogen and oxygen atoms in total. The van der Waals surface area contributed by atoms with Crippen molar-refractivity contribution >= 4 is 39.7 Å². The molecule has 7 heteroatoms. The highest BCUT2D eigenvalue weighted by Gasteiger charge is 2.11. The molecular weight excluding hydrogens is 418 g/mol. The molecular formula is C26H23N3O4. The van der Waals surface area contributed by atoms with Crippen LogP contribution >= 0.6 is 0 Å². The summed E-state index contributed by atoms with van der Waals surface area (Å²) in [4.78, 5) is 27.6. The van der Waals surface area contributed by atoms with Crippen LogP contribution in [0, 0.1) is 0 Å². The van der Waals surface area contributed by atoms with Gasteiger partial charge >= 0.3 is 0 Å². The van der Waals surface area contributed by atoms with Gasteiger partial charge in [0, 0.05) is 47.4 Å². The van der Waals surface area contributed by atoms with Gasteiger partial charge in [0.05, 0.1) is 12.7 Å². The molecule has 0 unspecified atom stereocenters. The minimum absolute atomic E-state index is 0.0660. The van der Waals surface area contributed by atoms with Crippen LogP contribution in [-0.2, 0) is 4.79 Å². The molecule has 0 bridgehead atoms. The lowest BCUT2D eigenvalue weighted by atomic mass is 10.1. The van der Waals surface area contributed by atoms with E-state index in [1.54, 1.807) is 36.5 Å². The molecule has 0 aliphatic heterocycles. The Kier molecular flexibility index (Phi) is 6.22. The lowest BCUT2D eigenvalue weighted by molar-refractivity contribution is -0.114. The number of pyridine rings is 1. The van der Waals surface area contributed by atoms with Gasteiger partial charge in [-0.25, -0.2) is 4.98 Å². The van der Waals surface area contributed by atoms with Crippen LogP contribution in [0.2, 0.25) is 0 Å². The van der Waals surface area contributed by atoms with E-state index in [-0.39, 0.29) is 11.7 Å². The standard InChI is InChI=1S/C26H23N3O4/c1-16(30)20-9-8-18(14-25(20)32-3)29-26-15-19(12-13-27-26)33-24-11-10-23(28-17(2)31)21-6-4-5-7-22(21)24/h4-15H,1-3H3,(H,27,29)(H,28,31). The first-order valence-electron chi connectivity index (χ1n) is 10.3. The number of fused-ring (bicyclic) bond motifs is 1. The first-order chi connectivity index (χ1) is 15.9. The Labute approximate surface area is 191 Å². The topological polar surface area (TPSA) is 89.5 Å². The number of carbonyl (C=O) groups is 2. The summed E-state index contributed by atoms with van der Waals surface area (Å²) in [5, 5.41) is 7.82. The second-order valence-electron chi connectivity index (χ2n) is 7.41. The predicted octanol–water partition coefficient (Wildman–Crippen LogP) is 5.94. The molecule has 0 fully saturated rings. The molecule has 33 heavy (non-hydrogen) atoms. The van der Waals surface area contributed by atoms with E-state index in [1.165, 1.54) is 21.0 Å². The zero-order chi connectivity index (χ0) is 23.4. The van der Waals surface area contributed by atoms with Crippen LogP contribution in [-0.4, -0.2) is 23.8 Å². The van der Waals surface area contributed by atoms with Crippen molar-refractivity contribution in [2.45, 2.75) is 13.8 Å². The number of benzene rings is 3. The van der Waals surface area contributed by atoms with Crippen LogP contribution in [0.4, 0.5) is 17.2 Å². The lowest BCUT2D eigenvalue weighted by Gasteiger charge is -2.14. The van der Waals surface area contributed by atoms with Crippen molar-refractivity contribution < 1.29 is 19.1 Å². The smallest absolute Gasteiger partial charge is 0.221 e. The highest BCUT2D eigenvalue weighted by molar-refractivity contribution is 6.03. The zero-order valence-corrected chi connectivity index (χ0v) is 18.5. The molecule has 166 valence electrons. The zero-order valence-electron chi connectivity index (χ0n) is 18.5. The summed E-state index contributed by atoms with van der Waals surface area (Å²) in [7, 11) is 1.53. The van der Waals surface area contributed by atoms with Crippen molar-refractivity contribution in [1.29, 1.82) is 0 Å². The quantitative estimate of drug-likeness (QED) is 0.345. The SMILES string of the molecule is COc1cc(Nc2cc(Oc3ccc(NC(C)=O)c4ccccc34)ccn2)ccc1C(C)=O. The summed E-state index contributed by atoms with van der Waals surface area (Å²) in [6.07, 6.45) is 1.65. The van der Waals surface area contributed by atoms with Crippen molar-refractivity contribution in [3.63, 3.8) is 0 Å². The molecule has 4 rings (SSSR count). The molecule has 0 aliphatic carbocycles. The number of anilines is 3. The summed E-state index contributed by atoms with van der Waals surface area (Å²) in [5.41, 5.74) is 1.97. The van der Waals surface area contributed by atoms with Crippen molar-refractivity contribution in [3.8, 4) is 17.2 Å². The summed E-state index contributed by atoms with van der Waals surface area (Å²) < 4.78 is 11.5. The van der Waals surface area contributed by atoms with Gasteiger partial charge < -0.3 is 20.1 Å². The minimum Gasteiger partial charge on any atom is -0.496 e. The van der Waals surface area contributed by atoms with Gasteiger partial charge in [-0.05, 0) is 37.3 Å². The summed E-state index contributed by atoms with van der Waals surface area (Å²) in [6.45, 7) is 2.98. The Hall–Kier alpha value is -4.39. The highest BCUT2D eigenvalue weighted by Crippen LogP contribution is 2.35. The average Bonchev–Trinajstić information content (AvgIpc) is 2.80.